The largest absolute Gasteiger partial charge is 0.465 e. The van der Waals surface area contributed by atoms with Gasteiger partial charge in [0.15, 0.2) is 0 Å². The Morgan fingerprint density at radius 2 is 1.65 bits per heavy atom. The lowest BCUT2D eigenvalue weighted by molar-refractivity contribution is -0.167. The van der Waals surface area contributed by atoms with E-state index < -0.39 is 11.0 Å². The van der Waals surface area contributed by atoms with E-state index in [0.29, 0.717) is 44.9 Å². The number of Topliss-reactive ketones (excluding diaryl/α,β-unsaturated/α-hetero) is 3. The third-order valence-electron chi connectivity index (χ3n) is 13.3. The van der Waals surface area contributed by atoms with Gasteiger partial charge in [0.05, 0.1) is 6.42 Å². The van der Waals surface area contributed by atoms with Crippen molar-refractivity contribution in [3.63, 3.8) is 0 Å². The Bertz CT molecular complexity index is 1350. The van der Waals surface area contributed by atoms with Gasteiger partial charge < -0.3 is 14.8 Å². The third-order valence-corrected chi connectivity index (χ3v) is 13.3. The lowest BCUT2D eigenvalue weighted by atomic mass is 9.44. The van der Waals surface area contributed by atoms with Gasteiger partial charge in [0.2, 0.25) is 0 Å². The standard InChI is InChI=1S/C38H51NO7/c1-24(9-12-33(43)45-20-14-34(44)46-38(16-18-39-19-17-38)25-7-5-4-6-8-25)28-10-11-29-35-30(23-32(42)37(28,29)3)36(2)15-13-27(40)21-26(36)22-31(35)41/h4-8,24,26,28-30,35,39H,9-23H2,1-3H3/t24-,26+,28-,29+,30+,35+,36+,37-/m1/s1. The number of piperidine rings is 1. The molecule has 0 spiro atoms. The highest BCUT2D eigenvalue weighted by Gasteiger charge is 2.66. The highest BCUT2D eigenvalue weighted by molar-refractivity contribution is 5.93. The van der Waals surface area contributed by atoms with Crippen molar-refractivity contribution < 1.29 is 33.4 Å². The lowest BCUT2D eigenvalue weighted by Crippen LogP contribution is -2.60. The van der Waals surface area contributed by atoms with Crippen molar-refractivity contribution in [2.75, 3.05) is 19.7 Å². The zero-order valence-electron chi connectivity index (χ0n) is 27.8. The molecule has 8 nitrogen and oxygen atoms in total. The average Bonchev–Trinajstić information content (AvgIpc) is 3.40. The second-order valence-corrected chi connectivity index (χ2v) is 15.5. The molecule has 0 unspecified atom stereocenters. The summed E-state index contributed by atoms with van der Waals surface area (Å²) >= 11 is 0. The maximum atomic E-state index is 14.0. The average molecular weight is 634 g/mol. The van der Waals surface area contributed by atoms with Crippen molar-refractivity contribution >= 4 is 29.3 Å². The third kappa shape index (κ3) is 5.88. The first-order valence-electron chi connectivity index (χ1n) is 17.7. The van der Waals surface area contributed by atoms with Crippen molar-refractivity contribution in [2.45, 2.75) is 103 Å². The molecule has 1 aromatic carbocycles. The van der Waals surface area contributed by atoms with Crippen molar-refractivity contribution in [3.8, 4) is 0 Å². The number of carbonyl (C=O) groups is 5. The molecule has 5 aliphatic rings. The topological polar surface area (TPSA) is 116 Å². The molecule has 6 rings (SSSR count). The normalized spacial score (nSPS) is 35.8. The number of carbonyl (C=O) groups excluding carboxylic acids is 5. The Balaban J connectivity index is 1.01. The molecule has 8 atom stereocenters. The molecule has 1 N–H and O–H groups in total. The Morgan fingerprint density at radius 1 is 0.913 bits per heavy atom. The van der Waals surface area contributed by atoms with Crippen molar-refractivity contribution in [2.24, 2.45) is 46.3 Å². The number of ketones is 3. The number of hydrogen-bond acceptors (Lipinski definition) is 8. The highest BCUT2D eigenvalue weighted by Crippen LogP contribution is 2.66. The molecule has 1 heterocycles. The number of nitrogens with one attached hydrogen (secondary N) is 1. The molecule has 1 aliphatic heterocycles. The molecular weight excluding hydrogens is 582 g/mol. The summed E-state index contributed by atoms with van der Waals surface area (Å²) in [6.45, 7) is 7.96. The smallest absolute Gasteiger partial charge is 0.310 e. The second-order valence-electron chi connectivity index (χ2n) is 15.5. The van der Waals surface area contributed by atoms with Crippen molar-refractivity contribution in [1.82, 2.24) is 5.32 Å². The number of ether oxygens (including phenoxy) is 2. The monoisotopic (exact) mass is 633 g/mol. The summed E-state index contributed by atoms with van der Waals surface area (Å²) in [5.74, 6) is 0.319. The number of esters is 2. The van der Waals surface area contributed by atoms with Gasteiger partial charge in [0.1, 0.15) is 29.6 Å². The fraction of sp³-hybridized carbons (Fsp3) is 0.711. The Kier molecular flexibility index (Phi) is 9.32. The lowest BCUT2D eigenvalue weighted by Gasteiger charge is -2.58. The summed E-state index contributed by atoms with van der Waals surface area (Å²) in [6.07, 6.45) is 6.66. The SMILES string of the molecule is C[C@H](CCC(=O)OCCC(=O)OC1(c2ccccc2)CCNCC1)[C@H]1CC[C@H]2[C@@H]3C(=O)C[C@@H]4CC(=O)CC[C@]4(C)[C@H]3CC(=O)[C@]12C. The number of hydrogen-bond donors (Lipinski definition) is 1. The van der Waals surface area contributed by atoms with Crippen LogP contribution in [0.15, 0.2) is 30.3 Å². The minimum atomic E-state index is -0.661. The molecule has 250 valence electrons. The summed E-state index contributed by atoms with van der Waals surface area (Å²) in [5.41, 5.74) is -0.367. The summed E-state index contributed by atoms with van der Waals surface area (Å²) in [4.78, 5) is 65.5. The van der Waals surface area contributed by atoms with Crippen LogP contribution in [0.4, 0.5) is 0 Å². The fourth-order valence-electron chi connectivity index (χ4n) is 10.5. The molecule has 4 aliphatic carbocycles. The van der Waals surface area contributed by atoms with Gasteiger partial charge in [0, 0.05) is 56.3 Å². The predicted molar refractivity (Wildman–Crippen MR) is 171 cm³/mol. The summed E-state index contributed by atoms with van der Waals surface area (Å²) < 4.78 is 11.5. The zero-order valence-corrected chi connectivity index (χ0v) is 27.8. The Hall–Kier alpha value is -2.87. The first kappa shape index (κ1) is 33.0. The first-order valence-corrected chi connectivity index (χ1v) is 17.7. The highest BCUT2D eigenvalue weighted by atomic mass is 16.6. The molecule has 1 saturated heterocycles. The van der Waals surface area contributed by atoms with Crippen LogP contribution in [0.5, 0.6) is 0 Å². The van der Waals surface area contributed by atoms with Crippen LogP contribution in [-0.4, -0.2) is 49.0 Å². The van der Waals surface area contributed by atoms with Gasteiger partial charge in [-0.3, -0.25) is 24.0 Å². The van der Waals surface area contributed by atoms with E-state index in [1.807, 2.05) is 30.3 Å². The summed E-state index contributed by atoms with van der Waals surface area (Å²) in [7, 11) is 0. The Labute approximate surface area is 273 Å². The second kappa shape index (κ2) is 13.0. The van der Waals surface area contributed by atoms with E-state index in [9.17, 15) is 24.0 Å². The van der Waals surface area contributed by atoms with E-state index in [-0.39, 0.29) is 89.7 Å². The summed E-state index contributed by atoms with van der Waals surface area (Å²) in [6, 6.07) is 9.84. The Morgan fingerprint density at radius 3 is 2.39 bits per heavy atom. The van der Waals surface area contributed by atoms with E-state index in [0.717, 1.165) is 37.9 Å². The molecule has 0 bridgehead atoms. The maximum Gasteiger partial charge on any atom is 0.310 e. The predicted octanol–water partition coefficient (Wildman–Crippen LogP) is 5.74. The van der Waals surface area contributed by atoms with E-state index in [1.54, 1.807) is 0 Å². The molecule has 8 heteroatoms. The van der Waals surface area contributed by atoms with Crippen LogP contribution in [0.2, 0.25) is 0 Å². The number of fused-ring (bicyclic) bond motifs is 5. The maximum absolute atomic E-state index is 14.0. The van der Waals surface area contributed by atoms with Gasteiger partial charge in [-0.25, -0.2) is 0 Å². The molecule has 1 aromatic rings. The van der Waals surface area contributed by atoms with Crippen LogP contribution in [0, 0.1) is 46.3 Å². The number of benzene rings is 1. The molecule has 0 amide bonds. The fourth-order valence-corrected chi connectivity index (χ4v) is 10.5. The van der Waals surface area contributed by atoms with Gasteiger partial charge in [0.25, 0.3) is 0 Å². The van der Waals surface area contributed by atoms with Crippen molar-refractivity contribution in [1.29, 1.82) is 0 Å². The minimum Gasteiger partial charge on any atom is -0.465 e. The van der Waals surface area contributed by atoms with Crippen LogP contribution in [0.25, 0.3) is 0 Å². The van der Waals surface area contributed by atoms with E-state index in [4.69, 9.17) is 9.47 Å². The van der Waals surface area contributed by atoms with Gasteiger partial charge in [-0.2, -0.15) is 0 Å². The molecule has 5 fully saturated rings. The van der Waals surface area contributed by atoms with Crippen molar-refractivity contribution in [3.05, 3.63) is 35.9 Å². The van der Waals surface area contributed by atoms with Gasteiger partial charge in [-0.05, 0) is 79.3 Å². The van der Waals surface area contributed by atoms with Gasteiger partial charge in [-0.1, -0.05) is 51.1 Å². The minimum absolute atomic E-state index is 0.00467. The molecule has 0 radical (unpaired) electrons. The van der Waals surface area contributed by atoms with E-state index in [2.05, 4.69) is 26.1 Å². The zero-order chi connectivity index (χ0) is 32.7. The van der Waals surface area contributed by atoms with Crippen LogP contribution < -0.4 is 5.32 Å². The van der Waals surface area contributed by atoms with Crippen LogP contribution >= 0.6 is 0 Å². The molecule has 4 saturated carbocycles. The quantitative estimate of drug-likeness (QED) is 0.342. The van der Waals surface area contributed by atoms with E-state index in [1.165, 1.54) is 0 Å². The molecule has 46 heavy (non-hydrogen) atoms. The van der Waals surface area contributed by atoms with Gasteiger partial charge >= 0.3 is 11.9 Å². The van der Waals surface area contributed by atoms with Crippen LogP contribution in [0.1, 0.15) is 103 Å². The van der Waals surface area contributed by atoms with E-state index >= 15 is 0 Å². The van der Waals surface area contributed by atoms with Crippen LogP contribution in [-0.2, 0) is 39.0 Å². The first-order chi connectivity index (χ1) is 22.0. The summed E-state index contributed by atoms with van der Waals surface area (Å²) in [5, 5.41) is 3.33. The van der Waals surface area contributed by atoms with Crippen LogP contribution in [0.3, 0.4) is 0 Å². The van der Waals surface area contributed by atoms with Gasteiger partial charge in [-0.15, -0.1) is 0 Å². The number of rotatable bonds is 9. The molecule has 0 aromatic heterocycles. The molecular formula is C38H51NO7.